The van der Waals surface area contributed by atoms with Gasteiger partial charge in [0.2, 0.25) is 10.0 Å². The maximum absolute atomic E-state index is 13.3. The van der Waals surface area contributed by atoms with Gasteiger partial charge in [0.05, 0.1) is 12.9 Å². The Morgan fingerprint density at radius 2 is 1.79 bits per heavy atom. The summed E-state index contributed by atoms with van der Waals surface area (Å²) in [6.45, 7) is -0.379. The third-order valence-electron chi connectivity index (χ3n) is 3.10. The van der Waals surface area contributed by atoms with E-state index >= 15 is 0 Å². The molecule has 9 nitrogen and oxygen atoms in total. The molecule has 0 bridgehead atoms. The van der Waals surface area contributed by atoms with Crippen LogP contribution in [0.15, 0.2) is 0 Å². The number of amides is 1. The molecule has 0 aromatic rings. The van der Waals surface area contributed by atoms with Crippen molar-refractivity contribution < 1.29 is 32.0 Å². The first-order valence-electron chi connectivity index (χ1n) is 7.08. The second kappa shape index (κ2) is 9.76. The number of ether oxygens (including phenoxy) is 2. The second-order valence-electron chi connectivity index (χ2n) is 4.97. The molecule has 0 radical (unpaired) electrons. The van der Waals surface area contributed by atoms with Crippen molar-refractivity contribution in [1.82, 2.24) is 8.75 Å². The number of carbonyl (C=O) groups excluding carboxylic acids is 2. The number of methoxy groups -OCH3 is 1. The van der Waals surface area contributed by atoms with Crippen LogP contribution in [0.2, 0.25) is 0 Å². The smallest absolute Gasteiger partial charge is 0.397 e. The van der Waals surface area contributed by atoms with Crippen LogP contribution in [0.4, 0.5) is 0 Å². The summed E-state index contributed by atoms with van der Waals surface area (Å²) in [5, 5.41) is -0.195. The van der Waals surface area contributed by atoms with Crippen LogP contribution in [0.5, 0.6) is 0 Å². The van der Waals surface area contributed by atoms with Crippen LogP contribution < -0.4 is 0 Å². The molecule has 142 valence electrons. The quantitative estimate of drug-likeness (QED) is 0.244. The van der Waals surface area contributed by atoms with Crippen molar-refractivity contribution in [3.63, 3.8) is 0 Å². The Kier molecular flexibility index (Phi) is 9.52. The lowest BCUT2D eigenvalue weighted by atomic mass is 10.4. The molecule has 2 atom stereocenters. The largest absolute Gasteiger partial charge is 0.456 e. The predicted octanol–water partition coefficient (Wildman–Crippen LogP) is 1.17. The summed E-state index contributed by atoms with van der Waals surface area (Å²) < 4.78 is 47.6. The van der Waals surface area contributed by atoms with E-state index in [0.29, 0.717) is 15.2 Å². The van der Waals surface area contributed by atoms with Crippen LogP contribution in [0.1, 0.15) is 20.3 Å². The van der Waals surface area contributed by atoms with E-state index in [-0.39, 0.29) is 18.5 Å². The molecule has 1 amide bonds. The van der Waals surface area contributed by atoms with Crippen molar-refractivity contribution in [3.05, 3.63) is 0 Å². The second-order valence-corrected chi connectivity index (χ2v) is 12.5. The molecule has 0 saturated heterocycles. The van der Waals surface area contributed by atoms with Crippen molar-refractivity contribution in [2.75, 3.05) is 40.7 Å². The van der Waals surface area contributed by atoms with Gasteiger partial charge in [0.25, 0.3) is 0 Å². The molecule has 0 aliphatic carbocycles. The van der Waals surface area contributed by atoms with Crippen molar-refractivity contribution in [2.45, 2.75) is 25.5 Å². The number of sulfonamides is 1. The van der Waals surface area contributed by atoms with E-state index < -0.39 is 28.5 Å². The molecule has 0 aromatic carbocycles. The van der Waals surface area contributed by atoms with Gasteiger partial charge in [-0.3, -0.25) is 14.0 Å². The number of hydrogen-bond donors (Lipinski definition) is 0. The molecule has 0 aliphatic heterocycles. The summed E-state index contributed by atoms with van der Waals surface area (Å²) in [6.07, 6.45) is 1.48. The normalized spacial score (nSPS) is 15.6. The van der Waals surface area contributed by atoms with Crippen molar-refractivity contribution in [2.24, 2.45) is 0 Å². The first-order valence-corrected chi connectivity index (χ1v) is 12.0. The van der Waals surface area contributed by atoms with Gasteiger partial charge in [-0.25, -0.2) is 13.2 Å². The summed E-state index contributed by atoms with van der Waals surface area (Å²) in [6, 6.07) is 0. The minimum atomic E-state index is -3.93. The van der Waals surface area contributed by atoms with Crippen molar-refractivity contribution in [1.29, 1.82) is 0 Å². The molecule has 0 spiro atoms. The van der Waals surface area contributed by atoms with Crippen LogP contribution in [0, 0.1) is 0 Å². The van der Waals surface area contributed by atoms with Gasteiger partial charge in [0, 0.05) is 26.5 Å². The van der Waals surface area contributed by atoms with Crippen LogP contribution in [0.3, 0.4) is 0 Å². The highest BCUT2D eigenvalue weighted by molar-refractivity contribution is 8.58. The first-order chi connectivity index (χ1) is 10.9. The lowest BCUT2D eigenvalue weighted by molar-refractivity contribution is -0.158. The fourth-order valence-corrected chi connectivity index (χ4v) is 9.09. The Morgan fingerprint density at radius 1 is 1.25 bits per heavy atom. The van der Waals surface area contributed by atoms with Gasteiger partial charge in [-0.15, -0.1) is 4.08 Å². The van der Waals surface area contributed by atoms with Crippen LogP contribution in [0.25, 0.3) is 0 Å². The zero-order chi connectivity index (χ0) is 19.1. The predicted molar refractivity (Wildman–Crippen MR) is 93.2 cm³/mol. The van der Waals surface area contributed by atoms with E-state index in [0.717, 1.165) is 31.7 Å². The Hall–Kier alpha value is -0.610. The molecule has 0 aromatic heterocycles. The van der Waals surface area contributed by atoms with Gasteiger partial charge in [0.15, 0.2) is 0 Å². The van der Waals surface area contributed by atoms with Crippen LogP contribution in [-0.2, 0) is 33.7 Å². The van der Waals surface area contributed by atoms with Gasteiger partial charge >= 0.3 is 18.5 Å². The lowest BCUT2D eigenvalue weighted by Crippen LogP contribution is -2.38. The maximum Gasteiger partial charge on any atom is 0.397 e. The van der Waals surface area contributed by atoms with Gasteiger partial charge in [-0.2, -0.15) is 0 Å². The van der Waals surface area contributed by atoms with E-state index in [2.05, 4.69) is 0 Å². The molecule has 0 N–H and O–H groups in total. The molecule has 24 heavy (non-hydrogen) atoms. The average Bonchev–Trinajstić information content (AvgIpc) is 2.51. The van der Waals surface area contributed by atoms with Crippen LogP contribution in [-0.4, -0.2) is 75.0 Å². The Morgan fingerprint density at radius 3 is 2.21 bits per heavy atom. The van der Waals surface area contributed by atoms with E-state index in [1.165, 1.54) is 7.11 Å². The molecule has 0 aliphatic rings. The third kappa shape index (κ3) is 6.36. The van der Waals surface area contributed by atoms with Crippen LogP contribution >= 0.6 is 18.0 Å². The summed E-state index contributed by atoms with van der Waals surface area (Å²) in [4.78, 5) is 24.0. The average molecular weight is 404 g/mol. The Bertz CT molecular complexity index is 596. The summed E-state index contributed by atoms with van der Waals surface area (Å²) in [7, 11) is -0.214. The highest BCUT2D eigenvalue weighted by Gasteiger charge is 2.44. The monoisotopic (exact) mass is 404 g/mol. The highest BCUT2D eigenvalue weighted by Crippen LogP contribution is 2.65. The number of carbonyl (C=O) groups is 2. The fourth-order valence-electron chi connectivity index (χ4n) is 1.35. The van der Waals surface area contributed by atoms with E-state index in [4.69, 9.17) is 9.47 Å². The van der Waals surface area contributed by atoms with Crippen molar-refractivity contribution in [3.8, 4) is 0 Å². The molecule has 12 heteroatoms. The standard InChI is InChI=1S/C12H25N2O7PS2/c1-7-10(2)23-22(17,14(4)24(6,18)19)13(3)11(15)12(16)21-9-8-20-5/h10H,7-9H2,1-6H3. The minimum absolute atomic E-state index is 0.102. The number of hydrogen-bond acceptors (Lipinski definition) is 8. The maximum atomic E-state index is 13.3. The Balaban J connectivity index is 5.53. The number of likely N-dealkylation sites (N-methyl/N-ethyl adjacent to an activating group) is 1. The minimum Gasteiger partial charge on any atom is -0.456 e. The molecule has 0 saturated carbocycles. The van der Waals surface area contributed by atoms with Gasteiger partial charge in [-0.05, 0) is 6.42 Å². The summed E-state index contributed by atoms with van der Waals surface area (Å²) >= 11 is 0.839. The van der Waals surface area contributed by atoms with Gasteiger partial charge < -0.3 is 9.47 Å². The first kappa shape index (κ1) is 23.4. The molecule has 2 unspecified atom stereocenters. The van der Waals surface area contributed by atoms with E-state index in [9.17, 15) is 22.6 Å². The highest BCUT2D eigenvalue weighted by atomic mass is 32.7. The SMILES string of the molecule is CCC(C)SP(=O)(N(C)C(=O)C(=O)OCCOC)N(C)S(C)(=O)=O. The Labute approximate surface area is 147 Å². The molecular formula is C12H25N2O7PS2. The summed E-state index contributed by atoms with van der Waals surface area (Å²) in [5.74, 6) is -2.40. The number of esters is 1. The molecule has 0 rings (SSSR count). The van der Waals surface area contributed by atoms with Gasteiger partial charge in [0.1, 0.15) is 6.61 Å². The molecular weight excluding hydrogens is 379 g/mol. The zero-order valence-electron chi connectivity index (χ0n) is 14.7. The third-order valence-corrected chi connectivity index (χ3v) is 11.9. The molecule has 0 heterocycles. The number of nitrogens with zero attached hydrogens (tertiary/aromatic N) is 2. The molecule has 0 fully saturated rings. The fraction of sp³-hybridized carbons (Fsp3) is 0.833. The zero-order valence-corrected chi connectivity index (χ0v) is 17.2. The van der Waals surface area contributed by atoms with E-state index in [1.807, 2.05) is 6.92 Å². The lowest BCUT2D eigenvalue weighted by Gasteiger charge is -2.33. The van der Waals surface area contributed by atoms with Gasteiger partial charge in [-0.1, -0.05) is 25.2 Å². The van der Waals surface area contributed by atoms with Crippen molar-refractivity contribution >= 4 is 39.9 Å². The summed E-state index contributed by atoms with van der Waals surface area (Å²) in [5.41, 5.74) is 0. The topological polar surface area (TPSA) is 110 Å². The number of rotatable bonds is 9. The van der Waals surface area contributed by atoms with E-state index in [1.54, 1.807) is 6.92 Å².